The summed E-state index contributed by atoms with van der Waals surface area (Å²) in [6, 6.07) is 11.7. The van der Waals surface area contributed by atoms with Crippen LogP contribution in [0, 0.1) is 0 Å². The van der Waals surface area contributed by atoms with Gasteiger partial charge >= 0.3 is 0 Å². The molecule has 0 saturated carbocycles. The fourth-order valence-electron chi connectivity index (χ4n) is 4.98. The number of carbonyl (C=O) groups is 1. The Morgan fingerprint density at radius 1 is 1.08 bits per heavy atom. The van der Waals surface area contributed by atoms with Crippen LogP contribution >= 0.6 is 0 Å². The number of hydrogen-bond donors (Lipinski definition) is 0. The lowest BCUT2D eigenvalue weighted by Gasteiger charge is -2.28. The summed E-state index contributed by atoms with van der Waals surface area (Å²) in [5, 5.41) is 6.23. The van der Waals surface area contributed by atoms with E-state index in [1.807, 2.05) is 36.4 Å². The number of carbonyl (C=O) groups excluding carboxylic acids is 1. The van der Waals surface area contributed by atoms with Crippen molar-refractivity contribution in [2.24, 2.45) is 0 Å². The first-order valence-electron chi connectivity index (χ1n) is 12.7. The van der Waals surface area contributed by atoms with E-state index in [4.69, 9.17) is 9.15 Å². The molecule has 0 radical (unpaired) electrons. The first kappa shape index (κ1) is 24.3. The number of aromatic nitrogens is 3. The van der Waals surface area contributed by atoms with Gasteiger partial charge in [-0.3, -0.25) is 14.5 Å². The van der Waals surface area contributed by atoms with E-state index in [0.29, 0.717) is 24.4 Å². The van der Waals surface area contributed by atoms with Crippen LogP contribution in [0.5, 0.6) is 0 Å². The molecule has 9 heteroatoms. The van der Waals surface area contributed by atoms with E-state index in [2.05, 4.69) is 21.5 Å². The van der Waals surface area contributed by atoms with Gasteiger partial charge in [0, 0.05) is 49.0 Å². The molecule has 0 spiro atoms. The van der Waals surface area contributed by atoms with E-state index in [-0.39, 0.29) is 18.0 Å². The van der Waals surface area contributed by atoms with Crippen molar-refractivity contribution < 1.29 is 13.9 Å². The maximum absolute atomic E-state index is 13.6. The first-order valence-corrected chi connectivity index (χ1v) is 12.7. The summed E-state index contributed by atoms with van der Waals surface area (Å²) in [5.74, 6) is 0.564. The highest BCUT2D eigenvalue weighted by molar-refractivity contribution is 6.07. The molecular formula is C27H33N5O4. The van der Waals surface area contributed by atoms with Gasteiger partial charge < -0.3 is 18.6 Å². The predicted molar refractivity (Wildman–Crippen MR) is 138 cm³/mol. The average molecular weight is 492 g/mol. The number of amides is 1. The zero-order valence-electron chi connectivity index (χ0n) is 20.8. The standard InChI is InChI=1S/C27H33N5O4/c1-2-10-31-24-9-4-3-8-22(24)23-18-28-32(27(34)26(23)31)20-25(33)30(19-21-7-5-15-36-21)12-6-11-29-13-16-35-17-14-29/h3-5,7-9,15,18H,2,6,10-14,16-17,19-20H2,1H3. The number of nitrogens with zero attached hydrogens (tertiary/aromatic N) is 5. The number of morpholine rings is 1. The van der Waals surface area contributed by atoms with Crippen LogP contribution < -0.4 is 5.56 Å². The number of rotatable bonds is 10. The van der Waals surface area contributed by atoms with Crippen molar-refractivity contribution in [2.45, 2.75) is 39.4 Å². The van der Waals surface area contributed by atoms with Gasteiger partial charge in [-0.15, -0.1) is 0 Å². The zero-order chi connectivity index (χ0) is 24.9. The van der Waals surface area contributed by atoms with E-state index in [1.165, 1.54) is 4.68 Å². The van der Waals surface area contributed by atoms with Gasteiger partial charge in [0.2, 0.25) is 5.91 Å². The fraction of sp³-hybridized carbons (Fsp3) is 0.444. The predicted octanol–water partition coefficient (Wildman–Crippen LogP) is 3.11. The molecule has 1 aliphatic rings. The molecule has 1 aromatic carbocycles. The molecule has 36 heavy (non-hydrogen) atoms. The van der Waals surface area contributed by atoms with E-state index in [9.17, 15) is 9.59 Å². The number of para-hydroxylation sites is 1. The summed E-state index contributed by atoms with van der Waals surface area (Å²) in [6.45, 7) is 7.87. The van der Waals surface area contributed by atoms with Crippen LogP contribution in [0.2, 0.25) is 0 Å². The van der Waals surface area contributed by atoms with Crippen molar-refractivity contribution in [3.8, 4) is 0 Å². The molecule has 0 aliphatic carbocycles. The van der Waals surface area contributed by atoms with Crippen molar-refractivity contribution in [3.05, 3.63) is 65.0 Å². The Hall–Kier alpha value is -3.43. The monoisotopic (exact) mass is 491 g/mol. The lowest BCUT2D eigenvalue weighted by Crippen LogP contribution is -2.40. The zero-order valence-corrected chi connectivity index (χ0v) is 20.8. The summed E-state index contributed by atoms with van der Waals surface area (Å²) in [4.78, 5) is 31.1. The number of furan rings is 1. The number of hydrogen-bond acceptors (Lipinski definition) is 6. The molecule has 1 amide bonds. The van der Waals surface area contributed by atoms with Gasteiger partial charge in [-0.1, -0.05) is 25.1 Å². The summed E-state index contributed by atoms with van der Waals surface area (Å²) < 4.78 is 14.3. The molecule has 4 heterocycles. The Morgan fingerprint density at radius 3 is 2.69 bits per heavy atom. The van der Waals surface area contributed by atoms with Crippen molar-refractivity contribution in [2.75, 3.05) is 39.4 Å². The van der Waals surface area contributed by atoms with Gasteiger partial charge in [-0.05, 0) is 31.0 Å². The Labute approximate surface area is 209 Å². The summed E-state index contributed by atoms with van der Waals surface area (Å²) in [6.07, 6.45) is 5.05. The van der Waals surface area contributed by atoms with Crippen LogP contribution in [-0.4, -0.2) is 69.4 Å². The lowest BCUT2D eigenvalue weighted by atomic mass is 10.2. The van der Waals surface area contributed by atoms with Gasteiger partial charge in [-0.2, -0.15) is 5.10 Å². The van der Waals surface area contributed by atoms with Gasteiger partial charge in [0.25, 0.3) is 5.56 Å². The van der Waals surface area contributed by atoms with Crippen LogP contribution in [-0.2, 0) is 29.2 Å². The second-order valence-electron chi connectivity index (χ2n) is 9.24. The Balaban J connectivity index is 1.38. The van der Waals surface area contributed by atoms with E-state index in [1.54, 1.807) is 17.4 Å². The molecule has 4 aromatic rings. The number of fused-ring (bicyclic) bond motifs is 3. The van der Waals surface area contributed by atoms with E-state index in [0.717, 1.165) is 68.5 Å². The maximum atomic E-state index is 13.6. The third-order valence-corrected chi connectivity index (χ3v) is 6.79. The first-order chi connectivity index (χ1) is 17.7. The third-order valence-electron chi connectivity index (χ3n) is 6.79. The Kier molecular flexibility index (Phi) is 7.48. The van der Waals surface area contributed by atoms with E-state index >= 15 is 0 Å². The molecule has 3 aromatic heterocycles. The molecule has 1 saturated heterocycles. The molecule has 5 rings (SSSR count). The van der Waals surface area contributed by atoms with Crippen molar-refractivity contribution in [3.63, 3.8) is 0 Å². The highest BCUT2D eigenvalue weighted by atomic mass is 16.5. The van der Waals surface area contributed by atoms with Crippen LogP contribution in [0.25, 0.3) is 21.8 Å². The minimum Gasteiger partial charge on any atom is -0.467 e. The minimum absolute atomic E-state index is 0.110. The average Bonchev–Trinajstić information content (AvgIpc) is 3.53. The number of ether oxygens (including phenoxy) is 1. The van der Waals surface area contributed by atoms with Crippen molar-refractivity contribution >= 4 is 27.7 Å². The van der Waals surface area contributed by atoms with Crippen molar-refractivity contribution in [1.29, 1.82) is 0 Å². The second-order valence-corrected chi connectivity index (χ2v) is 9.24. The van der Waals surface area contributed by atoms with E-state index < -0.39 is 0 Å². The van der Waals surface area contributed by atoms with Crippen LogP contribution in [0.3, 0.4) is 0 Å². The Bertz CT molecular complexity index is 1370. The van der Waals surface area contributed by atoms with Crippen LogP contribution in [0.15, 0.2) is 58.1 Å². The quantitative estimate of drug-likeness (QED) is 0.339. The lowest BCUT2D eigenvalue weighted by molar-refractivity contribution is -0.133. The molecular weight excluding hydrogens is 458 g/mol. The largest absolute Gasteiger partial charge is 0.467 e. The second kappa shape index (κ2) is 11.1. The summed E-state index contributed by atoms with van der Waals surface area (Å²) in [7, 11) is 0. The van der Waals surface area contributed by atoms with Gasteiger partial charge in [0.1, 0.15) is 17.8 Å². The summed E-state index contributed by atoms with van der Waals surface area (Å²) in [5.41, 5.74) is 1.38. The minimum atomic E-state index is -0.239. The molecule has 0 bridgehead atoms. The normalized spacial score (nSPS) is 14.6. The highest BCUT2D eigenvalue weighted by Crippen LogP contribution is 2.26. The van der Waals surface area contributed by atoms with Crippen LogP contribution in [0.1, 0.15) is 25.5 Å². The molecule has 0 N–H and O–H groups in total. The van der Waals surface area contributed by atoms with Gasteiger partial charge in [0.15, 0.2) is 0 Å². The van der Waals surface area contributed by atoms with Crippen LogP contribution in [0.4, 0.5) is 0 Å². The maximum Gasteiger partial charge on any atom is 0.291 e. The molecule has 9 nitrogen and oxygen atoms in total. The van der Waals surface area contributed by atoms with Gasteiger partial charge in [-0.25, -0.2) is 4.68 Å². The molecule has 1 aliphatic heterocycles. The topological polar surface area (TPSA) is 85.7 Å². The van der Waals surface area contributed by atoms with Gasteiger partial charge in [0.05, 0.1) is 32.2 Å². The molecule has 0 atom stereocenters. The number of benzene rings is 1. The number of aryl methyl sites for hydroxylation is 1. The molecule has 0 unspecified atom stereocenters. The Morgan fingerprint density at radius 2 is 1.92 bits per heavy atom. The molecule has 1 fully saturated rings. The highest BCUT2D eigenvalue weighted by Gasteiger charge is 2.21. The smallest absolute Gasteiger partial charge is 0.291 e. The SMILES string of the molecule is CCCn1c2ccccc2c2cnn(CC(=O)N(CCCN3CCOCC3)Cc3ccco3)c(=O)c21. The third kappa shape index (κ3) is 5.08. The van der Waals surface area contributed by atoms with Crippen molar-refractivity contribution in [1.82, 2.24) is 24.1 Å². The fourth-order valence-corrected chi connectivity index (χ4v) is 4.98. The molecule has 190 valence electrons. The summed E-state index contributed by atoms with van der Waals surface area (Å²) >= 11 is 0.